The Bertz CT molecular complexity index is 784. The first-order chi connectivity index (χ1) is 11.4. The van der Waals surface area contributed by atoms with E-state index >= 15 is 0 Å². The topological polar surface area (TPSA) is 121 Å². The van der Waals surface area contributed by atoms with Crippen LogP contribution in [-0.4, -0.2) is 63.8 Å². The van der Waals surface area contributed by atoms with Crippen LogP contribution in [0.2, 0.25) is 0 Å². The summed E-state index contributed by atoms with van der Waals surface area (Å²) in [5.41, 5.74) is 4.50. The minimum absolute atomic E-state index is 0.0122. The molecule has 9 heteroatoms. The number of carbonyl (C=O) groups is 2. The van der Waals surface area contributed by atoms with Gasteiger partial charge in [0.2, 0.25) is 5.91 Å². The first-order valence-electron chi connectivity index (χ1n) is 8.04. The van der Waals surface area contributed by atoms with Gasteiger partial charge in [0.1, 0.15) is 11.4 Å². The molecular weight excluding hydrogens is 314 g/mol. The van der Waals surface area contributed by atoms with Crippen molar-refractivity contribution in [2.24, 2.45) is 0 Å². The number of rotatable bonds is 4. The highest BCUT2D eigenvalue weighted by atomic mass is 16.2. The van der Waals surface area contributed by atoms with Crippen molar-refractivity contribution in [2.75, 3.05) is 38.5 Å². The van der Waals surface area contributed by atoms with E-state index in [0.29, 0.717) is 26.2 Å². The number of piperazine rings is 1. The fraction of sp³-hybridized carbons (Fsp3) is 0.600. The van der Waals surface area contributed by atoms with Crippen molar-refractivity contribution < 1.29 is 9.59 Å². The third kappa shape index (κ3) is 3.12. The maximum atomic E-state index is 12.5. The van der Waals surface area contributed by atoms with Crippen LogP contribution < -0.4 is 17.0 Å². The molecule has 2 aliphatic rings. The van der Waals surface area contributed by atoms with Crippen LogP contribution in [0.4, 0.5) is 5.82 Å². The highest BCUT2D eigenvalue weighted by Crippen LogP contribution is 2.35. The molecule has 0 spiro atoms. The van der Waals surface area contributed by atoms with Gasteiger partial charge < -0.3 is 10.6 Å². The Hall–Kier alpha value is -2.42. The number of ketones is 1. The number of nitrogen functional groups attached to an aromatic ring is 1. The van der Waals surface area contributed by atoms with Gasteiger partial charge in [-0.2, -0.15) is 0 Å². The molecule has 2 heterocycles. The van der Waals surface area contributed by atoms with Crippen molar-refractivity contribution in [1.29, 1.82) is 0 Å². The maximum absolute atomic E-state index is 12.5. The summed E-state index contributed by atoms with van der Waals surface area (Å²) in [7, 11) is 0. The first kappa shape index (κ1) is 16.4. The quantitative estimate of drug-likeness (QED) is 0.667. The van der Waals surface area contributed by atoms with Gasteiger partial charge in [0.05, 0.1) is 6.54 Å². The molecule has 24 heavy (non-hydrogen) atoms. The molecule has 0 atom stereocenters. The molecule has 0 radical (unpaired) electrons. The Morgan fingerprint density at radius 3 is 2.33 bits per heavy atom. The van der Waals surface area contributed by atoms with Gasteiger partial charge in [0, 0.05) is 39.1 Å². The van der Waals surface area contributed by atoms with Crippen LogP contribution in [0.15, 0.2) is 9.59 Å². The summed E-state index contributed by atoms with van der Waals surface area (Å²) in [6.45, 7) is 3.78. The molecule has 1 aromatic rings. The van der Waals surface area contributed by atoms with Gasteiger partial charge in [-0.25, -0.2) is 4.79 Å². The fourth-order valence-corrected chi connectivity index (χ4v) is 3.03. The molecule has 0 bridgehead atoms. The van der Waals surface area contributed by atoms with E-state index in [9.17, 15) is 19.2 Å². The van der Waals surface area contributed by atoms with Crippen molar-refractivity contribution in [2.45, 2.75) is 25.8 Å². The van der Waals surface area contributed by atoms with E-state index in [1.54, 1.807) is 4.90 Å². The molecule has 1 saturated heterocycles. The van der Waals surface area contributed by atoms with Crippen LogP contribution >= 0.6 is 0 Å². The molecule has 3 rings (SSSR count). The SMILES string of the molecule is CC(=O)N1CCN(CC(=O)c2c(N)n(C3CC3)c(=O)[nH]c2=O)CC1. The molecule has 2 fully saturated rings. The number of nitrogens with two attached hydrogens (primary N) is 1. The third-order valence-electron chi connectivity index (χ3n) is 4.56. The zero-order valence-electron chi connectivity index (χ0n) is 13.6. The summed E-state index contributed by atoms with van der Waals surface area (Å²) >= 11 is 0. The molecule has 3 N–H and O–H groups in total. The van der Waals surface area contributed by atoms with Gasteiger partial charge in [0.15, 0.2) is 5.78 Å². The predicted molar refractivity (Wildman–Crippen MR) is 87.0 cm³/mol. The summed E-state index contributed by atoms with van der Waals surface area (Å²) in [5.74, 6) is -0.434. The van der Waals surface area contributed by atoms with Crippen LogP contribution in [-0.2, 0) is 4.79 Å². The molecule has 0 unspecified atom stereocenters. The van der Waals surface area contributed by atoms with Crippen molar-refractivity contribution in [3.05, 3.63) is 26.4 Å². The van der Waals surface area contributed by atoms with Gasteiger partial charge in [0.25, 0.3) is 5.56 Å². The van der Waals surface area contributed by atoms with Crippen LogP contribution in [0.25, 0.3) is 0 Å². The van der Waals surface area contributed by atoms with Crippen LogP contribution in [0.5, 0.6) is 0 Å². The van der Waals surface area contributed by atoms with Crippen LogP contribution in [0.3, 0.4) is 0 Å². The monoisotopic (exact) mass is 335 g/mol. The number of aromatic nitrogens is 2. The second-order valence-electron chi connectivity index (χ2n) is 6.33. The minimum Gasteiger partial charge on any atom is -0.384 e. The second-order valence-corrected chi connectivity index (χ2v) is 6.33. The van der Waals surface area contributed by atoms with Crippen LogP contribution in [0.1, 0.15) is 36.2 Å². The number of Topliss-reactive ketones (excluding diaryl/α,β-unsaturated/α-hetero) is 1. The van der Waals surface area contributed by atoms with Crippen LogP contribution in [0, 0.1) is 0 Å². The Morgan fingerprint density at radius 1 is 1.17 bits per heavy atom. The largest absolute Gasteiger partial charge is 0.384 e. The Balaban J connectivity index is 1.76. The normalized spacial score (nSPS) is 18.6. The molecule has 1 aromatic heterocycles. The summed E-state index contributed by atoms with van der Waals surface area (Å²) in [6.07, 6.45) is 1.63. The number of nitrogens with zero attached hydrogens (tertiary/aromatic N) is 3. The molecule has 1 amide bonds. The lowest BCUT2D eigenvalue weighted by Gasteiger charge is -2.33. The summed E-state index contributed by atoms with van der Waals surface area (Å²) in [5, 5.41) is 0. The highest BCUT2D eigenvalue weighted by Gasteiger charge is 2.30. The van der Waals surface area contributed by atoms with Gasteiger partial charge >= 0.3 is 5.69 Å². The fourth-order valence-electron chi connectivity index (χ4n) is 3.03. The van der Waals surface area contributed by atoms with Crippen molar-refractivity contribution >= 4 is 17.5 Å². The Kier molecular flexibility index (Phi) is 4.27. The average molecular weight is 335 g/mol. The molecule has 1 saturated carbocycles. The number of nitrogens with one attached hydrogen (secondary N) is 1. The number of hydrogen-bond donors (Lipinski definition) is 2. The van der Waals surface area contributed by atoms with Crippen molar-refractivity contribution in [3.8, 4) is 0 Å². The lowest BCUT2D eigenvalue weighted by atomic mass is 10.1. The van der Waals surface area contributed by atoms with E-state index in [1.165, 1.54) is 11.5 Å². The Labute approximate surface area is 138 Å². The van der Waals surface area contributed by atoms with Gasteiger partial charge in [-0.3, -0.25) is 28.8 Å². The smallest absolute Gasteiger partial charge is 0.330 e. The van der Waals surface area contributed by atoms with E-state index < -0.39 is 17.0 Å². The zero-order chi connectivity index (χ0) is 17.4. The van der Waals surface area contributed by atoms with E-state index in [4.69, 9.17) is 5.73 Å². The molecule has 1 aliphatic heterocycles. The van der Waals surface area contributed by atoms with Gasteiger partial charge in [-0.15, -0.1) is 0 Å². The molecular formula is C15H21N5O4. The number of carbonyl (C=O) groups excluding carboxylic acids is 2. The number of anilines is 1. The van der Waals surface area contributed by atoms with E-state index in [0.717, 1.165) is 12.8 Å². The molecule has 0 aromatic carbocycles. The first-order valence-corrected chi connectivity index (χ1v) is 8.04. The lowest BCUT2D eigenvalue weighted by molar-refractivity contribution is -0.130. The number of aromatic amines is 1. The van der Waals surface area contributed by atoms with Crippen molar-refractivity contribution in [3.63, 3.8) is 0 Å². The van der Waals surface area contributed by atoms with Gasteiger partial charge in [-0.1, -0.05) is 0 Å². The average Bonchev–Trinajstić information content (AvgIpc) is 3.31. The summed E-state index contributed by atoms with van der Waals surface area (Å²) < 4.78 is 1.31. The summed E-state index contributed by atoms with van der Waals surface area (Å²) in [6, 6.07) is -0.0278. The highest BCUT2D eigenvalue weighted by molar-refractivity contribution is 6.01. The van der Waals surface area contributed by atoms with E-state index in [-0.39, 0.29) is 29.9 Å². The van der Waals surface area contributed by atoms with Gasteiger partial charge in [-0.05, 0) is 12.8 Å². The molecule has 1 aliphatic carbocycles. The molecule has 9 nitrogen and oxygen atoms in total. The minimum atomic E-state index is -0.734. The number of H-pyrrole nitrogens is 1. The summed E-state index contributed by atoms with van der Waals surface area (Å²) in [4.78, 5) is 53.6. The maximum Gasteiger partial charge on any atom is 0.330 e. The predicted octanol–water partition coefficient (Wildman–Crippen LogP) is -1.20. The van der Waals surface area contributed by atoms with E-state index in [2.05, 4.69) is 4.98 Å². The zero-order valence-corrected chi connectivity index (χ0v) is 13.6. The molecule has 130 valence electrons. The van der Waals surface area contributed by atoms with Crippen molar-refractivity contribution in [1.82, 2.24) is 19.4 Å². The number of amides is 1. The Morgan fingerprint density at radius 2 is 1.79 bits per heavy atom. The third-order valence-corrected chi connectivity index (χ3v) is 4.56. The van der Waals surface area contributed by atoms with E-state index in [1.807, 2.05) is 4.90 Å². The second kappa shape index (κ2) is 6.23. The number of hydrogen-bond acceptors (Lipinski definition) is 6. The standard InChI is InChI=1S/C15H21N5O4/c1-9(21)19-6-4-18(5-7-19)8-11(22)12-13(16)20(10-2-3-10)15(24)17-14(12)23/h10H,2-8,16H2,1H3,(H,17,23,24). The lowest BCUT2D eigenvalue weighted by Crippen LogP contribution is -2.49.